The molecule has 1 aliphatic carbocycles. The van der Waals surface area contributed by atoms with Crippen LogP contribution in [-0.4, -0.2) is 48.3 Å². The first-order valence-corrected chi connectivity index (χ1v) is 6.79. The monoisotopic (exact) mass is 301 g/mol. The zero-order valence-electron chi connectivity index (χ0n) is 12.5. The lowest BCUT2D eigenvalue weighted by atomic mass is 9.64. The summed E-state index contributed by atoms with van der Waals surface area (Å²) in [7, 11) is 1.62. The Morgan fingerprint density at radius 2 is 2.05 bits per heavy atom. The van der Waals surface area contributed by atoms with Crippen LogP contribution in [0.3, 0.4) is 0 Å². The number of nitrogens with two attached hydrogens (primary N) is 1. The third-order valence-corrected chi connectivity index (χ3v) is 4.05. The van der Waals surface area contributed by atoms with E-state index in [0.29, 0.717) is 6.42 Å². The van der Waals surface area contributed by atoms with Gasteiger partial charge in [0.2, 0.25) is 5.91 Å². The number of methoxy groups -OCH3 is 1. The smallest absolute Gasteiger partial charge is 0.326 e. The summed E-state index contributed by atoms with van der Waals surface area (Å²) in [6, 6.07) is -1.80. The molecule has 0 bridgehead atoms. The molecule has 1 saturated carbocycles. The molecule has 8 nitrogen and oxygen atoms in total. The number of rotatable bonds is 7. The second-order valence-corrected chi connectivity index (χ2v) is 5.85. The third kappa shape index (κ3) is 4.32. The lowest BCUT2D eigenvalue weighted by Gasteiger charge is -2.51. The van der Waals surface area contributed by atoms with Crippen LogP contribution in [0.4, 0.5) is 4.79 Å². The predicted molar refractivity (Wildman–Crippen MR) is 74.5 cm³/mol. The van der Waals surface area contributed by atoms with E-state index in [-0.39, 0.29) is 30.4 Å². The number of hydrogen-bond donors (Lipinski definition) is 4. The Balaban J connectivity index is 2.48. The number of carboxylic acid groups (broad SMARTS) is 1. The Kier molecular flexibility index (Phi) is 5.54. The minimum Gasteiger partial charge on any atom is -0.480 e. The van der Waals surface area contributed by atoms with Crippen LogP contribution in [0.5, 0.6) is 0 Å². The molecule has 3 amide bonds. The summed E-state index contributed by atoms with van der Waals surface area (Å²) in [6.45, 7) is 3.94. The number of urea groups is 1. The number of hydrogen-bond acceptors (Lipinski definition) is 4. The number of amides is 3. The first kappa shape index (κ1) is 17.2. The van der Waals surface area contributed by atoms with Gasteiger partial charge in [0.15, 0.2) is 0 Å². The van der Waals surface area contributed by atoms with Gasteiger partial charge in [0, 0.05) is 25.0 Å². The van der Waals surface area contributed by atoms with Crippen LogP contribution >= 0.6 is 0 Å². The van der Waals surface area contributed by atoms with E-state index in [1.54, 1.807) is 7.11 Å². The highest BCUT2D eigenvalue weighted by molar-refractivity contribution is 5.83. The standard InChI is InChI=1S/C13H23N3O5/c1-13(2)8(6-9(13)21-3)16-12(20)15-7(11(18)19)4-5-10(14)17/h7-9H,4-6H2,1-3H3,(H2,14,17)(H,18,19)(H2,15,16,20). The SMILES string of the molecule is COC1CC(NC(=O)NC(CCC(N)=O)C(=O)O)C1(C)C. The lowest BCUT2D eigenvalue weighted by Crippen LogP contribution is -2.63. The molecule has 21 heavy (non-hydrogen) atoms. The van der Waals surface area contributed by atoms with Crippen molar-refractivity contribution in [1.29, 1.82) is 0 Å². The van der Waals surface area contributed by atoms with E-state index in [9.17, 15) is 14.4 Å². The molecule has 0 spiro atoms. The highest BCUT2D eigenvalue weighted by Gasteiger charge is 2.49. The number of aliphatic carboxylic acids is 1. The van der Waals surface area contributed by atoms with E-state index in [1.165, 1.54) is 0 Å². The van der Waals surface area contributed by atoms with Gasteiger partial charge in [-0.3, -0.25) is 4.79 Å². The number of nitrogens with one attached hydrogen (secondary N) is 2. The van der Waals surface area contributed by atoms with Crippen LogP contribution < -0.4 is 16.4 Å². The van der Waals surface area contributed by atoms with Crippen molar-refractivity contribution >= 4 is 17.9 Å². The van der Waals surface area contributed by atoms with Crippen molar-refractivity contribution in [1.82, 2.24) is 10.6 Å². The second-order valence-electron chi connectivity index (χ2n) is 5.85. The summed E-state index contributed by atoms with van der Waals surface area (Å²) in [4.78, 5) is 33.6. The van der Waals surface area contributed by atoms with E-state index < -0.39 is 23.9 Å². The first-order chi connectivity index (χ1) is 9.68. The van der Waals surface area contributed by atoms with Gasteiger partial charge >= 0.3 is 12.0 Å². The summed E-state index contributed by atoms with van der Waals surface area (Å²) < 4.78 is 5.28. The zero-order valence-corrected chi connectivity index (χ0v) is 12.5. The largest absolute Gasteiger partial charge is 0.480 e. The van der Waals surface area contributed by atoms with Gasteiger partial charge in [-0.25, -0.2) is 9.59 Å². The maximum absolute atomic E-state index is 11.8. The molecular weight excluding hydrogens is 278 g/mol. The summed E-state index contributed by atoms with van der Waals surface area (Å²) in [6.07, 6.45) is 0.605. The molecule has 0 heterocycles. The van der Waals surface area contributed by atoms with Crippen LogP contribution in [0.15, 0.2) is 0 Å². The van der Waals surface area contributed by atoms with Crippen LogP contribution in [0, 0.1) is 5.41 Å². The summed E-state index contributed by atoms with van der Waals surface area (Å²) in [5, 5.41) is 14.1. The highest BCUT2D eigenvalue weighted by atomic mass is 16.5. The van der Waals surface area contributed by atoms with Gasteiger partial charge in [-0.1, -0.05) is 13.8 Å². The number of carbonyl (C=O) groups is 3. The van der Waals surface area contributed by atoms with Crippen LogP contribution in [0.2, 0.25) is 0 Å². The molecule has 1 fully saturated rings. The fraction of sp³-hybridized carbons (Fsp3) is 0.769. The number of ether oxygens (including phenoxy) is 1. The van der Waals surface area contributed by atoms with E-state index in [0.717, 1.165) is 0 Å². The molecule has 0 aromatic rings. The highest BCUT2D eigenvalue weighted by Crippen LogP contribution is 2.42. The fourth-order valence-electron chi connectivity index (χ4n) is 2.43. The summed E-state index contributed by atoms with van der Waals surface area (Å²) in [5.41, 5.74) is 4.76. The molecule has 0 saturated heterocycles. The van der Waals surface area contributed by atoms with Gasteiger partial charge in [-0.2, -0.15) is 0 Å². The number of carboxylic acids is 1. The molecule has 1 aliphatic rings. The van der Waals surface area contributed by atoms with Gasteiger partial charge in [-0.15, -0.1) is 0 Å². The zero-order chi connectivity index (χ0) is 16.2. The molecule has 1 rings (SSSR count). The minimum absolute atomic E-state index is 0.0349. The van der Waals surface area contributed by atoms with E-state index in [1.807, 2.05) is 13.8 Å². The molecule has 8 heteroatoms. The molecule has 0 aromatic carbocycles. The van der Waals surface area contributed by atoms with Crippen molar-refractivity contribution in [3.63, 3.8) is 0 Å². The maximum Gasteiger partial charge on any atom is 0.326 e. The Labute approximate surface area is 123 Å². The van der Waals surface area contributed by atoms with Crippen LogP contribution in [-0.2, 0) is 14.3 Å². The number of primary amides is 1. The maximum atomic E-state index is 11.8. The molecule has 3 atom stereocenters. The van der Waals surface area contributed by atoms with Gasteiger partial charge < -0.3 is 26.2 Å². The van der Waals surface area contributed by atoms with Crippen molar-refractivity contribution in [2.24, 2.45) is 11.1 Å². The Bertz CT molecular complexity index is 424. The molecule has 0 radical (unpaired) electrons. The fourth-order valence-corrected chi connectivity index (χ4v) is 2.43. The molecule has 5 N–H and O–H groups in total. The quantitative estimate of drug-likeness (QED) is 0.518. The molecule has 3 unspecified atom stereocenters. The second kappa shape index (κ2) is 6.75. The van der Waals surface area contributed by atoms with Gasteiger partial charge in [0.25, 0.3) is 0 Å². The Morgan fingerprint density at radius 1 is 1.43 bits per heavy atom. The normalized spacial score (nSPS) is 24.5. The van der Waals surface area contributed by atoms with Gasteiger partial charge in [0.1, 0.15) is 6.04 Å². The van der Waals surface area contributed by atoms with E-state index >= 15 is 0 Å². The van der Waals surface area contributed by atoms with Crippen LogP contribution in [0.1, 0.15) is 33.1 Å². The van der Waals surface area contributed by atoms with Crippen molar-refractivity contribution in [2.45, 2.75) is 51.3 Å². The Morgan fingerprint density at radius 3 is 2.48 bits per heavy atom. The van der Waals surface area contributed by atoms with Crippen molar-refractivity contribution < 1.29 is 24.2 Å². The third-order valence-electron chi connectivity index (χ3n) is 4.05. The molecule has 0 aromatic heterocycles. The average Bonchev–Trinajstić information content (AvgIpc) is 2.38. The minimum atomic E-state index is -1.20. The lowest BCUT2D eigenvalue weighted by molar-refractivity contribution is -0.139. The first-order valence-electron chi connectivity index (χ1n) is 6.79. The van der Waals surface area contributed by atoms with E-state index in [4.69, 9.17) is 15.6 Å². The van der Waals surface area contributed by atoms with Crippen molar-refractivity contribution in [3.05, 3.63) is 0 Å². The summed E-state index contributed by atoms with van der Waals surface area (Å²) >= 11 is 0. The summed E-state index contributed by atoms with van der Waals surface area (Å²) in [5.74, 6) is -1.81. The van der Waals surface area contributed by atoms with Gasteiger partial charge in [0.05, 0.1) is 6.10 Å². The average molecular weight is 301 g/mol. The van der Waals surface area contributed by atoms with E-state index in [2.05, 4.69) is 10.6 Å². The predicted octanol–water partition coefficient (Wildman–Crippen LogP) is -0.182. The molecular formula is C13H23N3O5. The number of carbonyl (C=O) groups excluding carboxylic acids is 2. The van der Waals surface area contributed by atoms with Gasteiger partial charge in [-0.05, 0) is 12.8 Å². The Hall–Kier alpha value is -1.83. The molecule has 0 aliphatic heterocycles. The van der Waals surface area contributed by atoms with Crippen LogP contribution in [0.25, 0.3) is 0 Å². The molecule has 120 valence electrons. The topological polar surface area (TPSA) is 131 Å². The van der Waals surface area contributed by atoms with Crippen molar-refractivity contribution in [2.75, 3.05) is 7.11 Å². The van der Waals surface area contributed by atoms with Crippen molar-refractivity contribution in [3.8, 4) is 0 Å².